The lowest BCUT2D eigenvalue weighted by Gasteiger charge is -2.09. The molecule has 0 aliphatic carbocycles. The molecule has 0 fully saturated rings. The van der Waals surface area contributed by atoms with E-state index < -0.39 is 0 Å². The van der Waals surface area contributed by atoms with Crippen LogP contribution in [0, 0.1) is 11.8 Å². The number of thiophene rings is 1. The second kappa shape index (κ2) is 5.79. The fraction of sp³-hybridized carbons (Fsp3) is 0.364. The summed E-state index contributed by atoms with van der Waals surface area (Å²) in [6.45, 7) is 3.59. The van der Waals surface area contributed by atoms with Gasteiger partial charge in [0.25, 0.3) is 5.91 Å². The van der Waals surface area contributed by atoms with Crippen molar-refractivity contribution in [1.82, 2.24) is 5.32 Å². The summed E-state index contributed by atoms with van der Waals surface area (Å²) in [5.74, 6) is 4.78. The van der Waals surface area contributed by atoms with Crippen molar-refractivity contribution in [3.8, 4) is 11.8 Å². The minimum atomic E-state index is -0.229. The van der Waals surface area contributed by atoms with Crippen molar-refractivity contribution < 1.29 is 4.79 Å². The smallest absolute Gasteiger partial charge is 0.296 e. The molecule has 2 nitrogen and oxygen atoms in total. The van der Waals surface area contributed by atoms with Crippen molar-refractivity contribution in [3.63, 3.8) is 0 Å². The van der Waals surface area contributed by atoms with Gasteiger partial charge in [-0.1, -0.05) is 17.5 Å². The Kier molecular flexibility index (Phi) is 4.67. The van der Waals surface area contributed by atoms with Gasteiger partial charge in [0.15, 0.2) is 0 Å². The summed E-state index contributed by atoms with van der Waals surface area (Å²) in [6, 6.07) is 3.91. The fourth-order valence-corrected chi connectivity index (χ4v) is 2.40. The molecule has 1 rings (SSSR count). The van der Waals surface area contributed by atoms with E-state index in [2.05, 4.69) is 17.2 Å². The number of carbonyl (C=O) groups excluding carboxylic acids is 1. The molecule has 0 aliphatic heterocycles. The van der Waals surface area contributed by atoms with Crippen LogP contribution in [0.4, 0.5) is 0 Å². The van der Waals surface area contributed by atoms with Gasteiger partial charge in [0.05, 0.1) is 4.34 Å². The predicted octanol–water partition coefficient (Wildman–Crippen LogP) is 2.47. The summed E-state index contributed by atoms with van der Waals surface area (Å²) in [6.07, 6.45) is 0.786. The molecule has 1 N–H and O–H groups in total. The maximum atomic E-state index is 11.1. The highest BCUT2D eigenvalue weighted by molar-refractivity contribution is 7.16. The zero-order chi connectivity index (χ0) is 11.3. The monoisotopic (exact) mass is 241 g/mol. The Bertz CT molecular complexity index is 402. The Morgan fingerprint density at radius 3 is 2.93 bits per heavy atom. The second-order valence-electron chi connectivity index (χ2n) is 3.16. The summed E-state index contributed by atoms with van der Waals surface area (Å²) in [5, 5.41) is 2.79. The Balaban J connectivity index is 2.44. The number of rotatable bonds is 3. The highest BCUT2D eigenvalue weighted by Gasteiger charge is 2.07. The summed E-state index contributed by atoms with van der Waals surface area (Å²) in [5.41, 5.74) is 0. The van der Waals surface area contributed by atoms with Crippen molar-refractivity contribution in [2.75, 3.05) is 0 Å². The van der Waals surface area contributed by atoms with Gasteiger partial charge in [-0.3, -0.25) is 4.79 Å². The number of amides is 1. The molecule has 0 spiro atoms. The van der Waals surface area contributed by atoms with Gasteiger partial charge in [-0.15, -0.1) is 11.3 Å². The molecule has 1 aromatic heterocycles. The number of nitrogens with one attached hydrogen (secondary N) is 1. The average Bonchev–Trinajstić information content (AvgIpc) is 2.51. The van der Waals surface area contributed by atoms with E-state index in [0.29, 0.717) is 0 Å². The Labute approximate surface area is 98.6 Å². The molecule has 1 amide bonds. The van der Waals surface area contributed by atoms with E-state index in [1.807, 2.05) is 19.1 Å². The van der Waals surface area contributed by atoms with Crippen LogP contribution in [0.25, 0.3) is 0 Å². The van der Waals surface area contributed by atoms with Crippen LogP contribution in [0.3, 0.4) is 0 Å². The Hall–Kier alpha value is -0.980. The molecule has 0 saturated heterocycles. The average molecular weight is 242 g/mol. The molecule has 0 aliphatic rings. The maximum Gasteiger partial charge on any atom is 0.296 e. The van der Waals surface area contributed by atoms with Crippen LogP contribution in [0.5, 0.6) is 0 Å². The molecule has 1 aromatic rings. The molecule has 0 bridgehead atoms. The molecule has 1 unspecified atom stereocenters. The molecule has 4 heteroatoms. The van der Waals surface area contributed by atoms with Gasteiger partial charge in [-0.25, -0.2) is 0 Å². The summed E-state index contributed by atoms with van der Waals surface area (Å²) < 4.78 is 0.775. The SMILES string of the molecule is CC#CC(=O)NC(C)Cc1ccc(Cl)s1. The van der Waals surface area contributed by atoms with E-state index in [1.165, 1.54) is 11.3 Å². The van der Waals surface area contributed by atoms with Crippen LogP contribution in [-0.4, -0.2) is 11.9 Å². The lowest BCUT2D eigenvalue weighted by Crippen LogP contribution is -2.32. The topological polar surface area (TPSA) is 29.1 Å². The Morgan fingerprint density at radius 2 is 2.40 bits per heavy atom. The molecule has 0 saturated carbocycles. The van der Waals surface area contributed by atoms with E-state index in [-0.39, 0.29) is 11.9 Å². The molecule has 0 radical (unpaired) electrons. The van der Waals surface area contributed by atoms with Crippen LogP contribution in [-0.2, 0) is 11.2 Å². The van der Waals surface area contributed by atoms with Crippen LogP contribution in [0.2, 0.25) is 4.34 Å². The maximum absolute atomic E-state index is 11.1. The zero-order valence-electron chi connectivity index (χ0n) is 8.63. The van der Waals surface area contributed by atoms with Gasteiger partial charge >= 0.3 is 0 Å². The van der Waals surface area contributed by atoms with E-state index in [4.69, 9.17) is 11.6 Å². The highest BCUT2D eigenvalue weighted by Crippen LogP contribution is 2.22. The predicted molar refractivity (Wildman–Crippen MR) is 64.1 cm³/mol. The van der Waals surface area contributed by atoms with E-state index in [1.54, 1.807) is 6.92 Å². The van der Waals surface area contributed by atoms with Gasteiger partial charge in [0, 0.05) is 17.3 Å². The molecular formula is C11H12ClNOS. The quantitative estimate of drug-likeness (QED) is 0.810. The first-order chi connectivity index (χ1) is 7.11. The van der Waals surface area contributed by atoms with Gasteiger partial charge < -0.3 is 5.32 Å². The third-order valence-corrected chi connectivity index (χ3v) is 3.01. The van der Waals surface area contributed by atoms with E-state index >= 15 is 0 Å². The lowest BCUT2D eigenvalue weighted by molar-refractivity contribution is -0.116. The summed E-state index contributed by atoms with van der Waals surface area (Å²) in [4.78, 5) is 12.3. The molecule has 0 aromatic carbocycles. The first-order valence-electron chi connectivity index (χ1n) is 4.59. The van der Waals surface area contributed by atoms with Gasteiger partial charge in [0.2, 0.25) is 0 Å². The molecular weight excluding hydrogens is 230 g/mol. The molecule has 1 atom stereocenters. The number of carbonyl (C=O) groups is 1. The van der Waals surface area contributed by atoms with Crippen LogP contribution >= 0.6 is 22.9 Å². The minimum absolute atomic E-state index is 0.0769. The third kappa shape index (κ3) is 4.37. The zero-order valence-corrected chi connectivity index (χ0v) is 10.2. The van der Waals surface area contributed by atoms with Crippen LogP contribution in [0.15, 0.2) is 12.1 Å². The first kappa shape index (κ1) is 12.1. The van der Waals surface area contributed by atoms with Crippen LogP contribution < -0.4 is 5.32 Å². The van der Waals surface area contributed by atoms with Crippen molar-refractivity contribution in [1.29, 1.82) is 0 Å². The van der Waals surface area contributed by atoms with Gasteiger partial charge in [0.1, 0.15) is 0 Å². The normalized spacial score (nSPS) is 11.4. The Morgan fingerprint density at radius 1 is 1.67 bits per heavy atom. The van der Waals surface area contributed by atoms with Gasteiger partial charge in [-0.05, 0) is 31.9 Å². The number of hydrogen-bond acceptors (Lipinski definition) is 2. The van der Waals surface area contributed by atoms with E-state index in [9.17, 15) is 4.79 Å². The van der Waals surface area contributed by atoms with Crippen molar-refractivity contribution in [2.24, 2.45) is 0 Å². The number of halogens is 1. The summed E-state index contributed by atoms with van der Waals surface area (Å²) >= 11 is 7.34. The highest BCUT2D eigenvalue weighted by atomic mass is 35.5. The first-order valence-corrected chi connectivity index (χ1v) is 5.78. The van der Waals surface area contributed by atoms with Crippen LogP contribution in [0.1, 0.15) is 18.7 Å². The second-order valence-corrected chi connectivity index (χ2v) is 4.96. The molecule has 1 heterocycles. The summed E-state index contributed by atoms with van der Waals surface area (Å²) in [7, 11) is 0. The number of hydrogen-bond donors (Lipinski definition) is 1. The lowest BCUT2D eigenvalue weighted by atomic mass is 10.2. The van der Waals surface area contributed by atoms with Crippen molar-refractivity contribution >= 4 is 28.8 Å². The molecule has 15 heavy (non-hydrogen) atoms. The minimum Gasteiger partial charge on any atom is -0.342 e. The molecule has 80 valence electrons. The van der Waals surface area contributed by atoms with Gasteiger partial charge in [-0.2, -0.15) is 0 Å². The van der Waals surface area contributed by atoms with E-state index in [0.717, 1.165) is 15.6 Å². The third-order valence-electron chi connectivity index (χ3n) is 1.75. The largest absolute Gasteiger partial charge is 0.342 e. The van der Waals surface area contributed by atoms with Crippen molar-refractivity contribution in [2.45, 2.75) is 26.3 Å². The van der Waals surface area contributed by atoms with Crippen molar-refractivity contribution in [3.05, 3.63) is 21.3 Å². The standard InChI is InChI=1S/C11H12ClNOS/c1-3-4-11(14)13-8(2)7-9-5-6-10(12)15-9/h5-6,8H,7H2,1-2H3,(H,13,14). The fourth-order valence-electron chi connectivity index (χ4n) is 1.19.